The van der Waals surface area contributed by atoms with E-state index < -0.39 is 0 Å². The standard InChI is InChI=1S/C17H23N3O2/c1-11-3-2-8-20(15(11)10-18)17(22)13-4-6-14-12(9-13)5-7-16(21)19-14/h4,6,9,11,15H,2-3,5,7-8,10,18H2,1H3,(H,19,21)/t11-,15+/m1/s1. The van der Waals surface area contributed by atoms with Crippen molar-refractivity contribution < 1.29 is 9.59 Å². The van der Waals surface area contributed by atoms with Crippen molar-refractivity contribution in [3.05, 3.63) is 29.3 Å². The first kappa shape index (κ1) is 15.0. The highest BCUT2D eigenvalue weighted by molar-refractivity contribution is 5.98. The average Bonchev–Trinajstić information content (AvgIpc) is 2.53. The summed E-state index contributed by atoms with van der Waals surface area (Å²) in [4.78, 5) is 26.2. The van der Waals surface area contributed by atoms with Gasteiger partial charge in [0.2, 0.25) is 5.91 Å². The molecule has 2 atom stereocenters. The lowest BCUT2D eigenvalue weighted by Gasteiger charge is -2.39. The molecule has 3 N–H and O–H groups in total. The van der Waals surface area contributed by atoms with Gasteiger partial charge in [0.05, 0.1) is 0 Å². The number of fused-ring (bicyclic) bond motifs is 1. The van der Waals surface area contributed by atoms with Crippen molar-refractivity contribution in [3.8, 4) is 0 Å². The fraction of sp³-hybridized carbons (Fsp3) is 0.529. The Hall–Kier alpha value is -1.88. The number of nitrogens with zero attached hydrogens (tertiary/aromatic N) is 1. The Morgan fingerprint density at radius 2 is 2.23 bits per heavy atom. The number of nitrogens with two attached hydrogens (primary N) is 1. The Bertz CT molecular complexity index is 600. The number of aryl methyl sites for hydroxylation is 1. The summed E-state index contributed by atoms with van der Waals surface area (Å²) >= 11 is 0. The van der Waals surface area contributed by atoms with E-state index >= 15 is 0 Å². The monoisotopic (exact) mass is 301 g/mol. The quantitative estimate of drug-likeness (QED) is 0.874. The summed E-state index contributed by atoms with van der Waals surface area (Å²) in [6.07, 6.45) is 3.34. The van der Waals surface area contributed by atoms with Crippen LogP contribution in [0.1, 0.15) is 42.1 Å². The second-order valence-corrected chi connectivity index (χ2v) is 6.34. The van der Waals surface area contributed by atoms with Crippen molar-refractivity contribution in [1.82, 2.24) is 4.90 Å². The smallest absolute Gasteiger partial charge is 0.254 e. The van der Waals surface area contributed by atoms with Gasteiger partial charge in [0.25, 0.3) is 5.91 Å². The largest absolute Gasteiger partial charge is 0.334 e. The number of carbonyl (C=O) groups is 2. The molecular weight excluding hydrogens is 278 g/mol. The van der Waals surface area contributed by atoms with Gasteiger partial charge >= 0.3 is 0 Å². The molecule has 22 heavy (non-hydrogen) atoms. The molecule has 1 aromatic rings. The number of likely N-dealkylation sites (tertiary alicyclic amines) is 1. The van der Waals surface area contributed by atoms with Crippen LogP contribution in [0.25, 0.3) is 0 Å². The average molecular weight is 301 g/mol. The minimum absolute atomic E-state index is 0.0413. The number of benzene rings is 1. The summed E-state index contributed by atoms with van der Waals surface area (Å²) in [7, 11) is 0. The first-order valence-electron chi connectivity index (χ1n) is 8.04. The van der Waals surface area contributed by atoms with Gasteiger partial charge < -0.3 is 16.0 Å². The maximum Gasteiger partial charge on any atom is 0.254 e. The van der Waals surface area contributed by atoms with Crippen LogP contribution in [0.3, 0.4) is 0 Å². The summed E-state index contributed by atoms with van der Waals surface area (Å²) in [5, 5.41) is 2.85. The number of anilines is 1. The van der Waals surface area contributed by atoms with Crippen molar-refractivity contribution >= 4 is 17.5 Å². The number of carbonyl (C=O) groups excluding carboxylic acids is 2. The molecule has 0 saturated carbocycles. The second kappa shape index (κ2) is 6.08. The summed E-state index contributed by atoms with van der Waals surface area (Å²) in [5.41, 5.74) is 8.45. The van der Waals surface area contributed by atoms with Crippen LogP contribution < -0.4 is 11.1 Å². The highest BCUT2D eigenvalue weighted by Crippen LogP contribution is 2.27. The first-order valence-corrected chi connectivity index (χ1v) is 8.04. The van der Waals surface area contributed by atoms with Gasteiger partial charge in [0, 0.05) is 36.8 Å². The zero-order valence-electron chi connectivity index (χ0n) is 13.0. The lowest BCUT2D eigenvalue weighted by atomic mass is 9.90. The third-order valence-corrected chi connectivity index (χ3v) is 4.87. The molecule has 2 heterocycles. The highest BCUT2D eigenvalue weighted by atomic mass is 16.2. The zero-order valence-corrected chi connectivity index (χ0v) is 13.0. The fourth-order valence-electron chi connectivity index (χ4n) is 3.54. The van der Waals surface area contributed by atoms with Crippen LogP contribution in [-0.4, -0.2) is 35.8 Å². The van der Waals surface area contributed by atoms with Crippen LogP contribution in [0, 0.1) is 5.92 Å². The van der Waals surface area contributed by atoms with Crippen LogP contribution in [0.15, 0.2) is 18.2 Å². The van der Waals surface area contributed by atoms with Crippen molar-refractivity contribution in [3.63, 3.8) is 0 Å². The molecule has 5 heteroatoms. The van der Waals surface area contributed by atoms with Gasteiger partial charge in [0.15, 0.2) is 0 Å². The van der Waals surface area contributed by atoms with E-state index in [0.717, 1.165) is 30.6 Å². The van der Waals surface area contributed by atoms with E-state index in [2.05, 4.69) is 12.2 Å². The molecule has 3 rings (SSSR count). The van der Waals surface area contributed by atoms with Crippen LogP contribution in [0.2, 0.25) is 0 Å². The number of amides is 2. The number of hydrogen-bond acceptors (Lipinski definition) is 3. The van der Waals surface area contributed by atoms with E-state index in [1.807, 2.05) is 17.0 Å². The number of rotatable bonds is 2. The SMILES string of the molecule is C[C@@H]1CCCN(C(=O)c2ccc3c(c2)CCC(=O)N3)[C@H]1CN. The Kier molecular flexibility index (Phi) is 4.16. The Morgan fingerprint density at radius 1 is 1.41 bits per heavy atom. The molecule has 5 nitrogen and oxygen atoms in total. The Balaban J connectivity index is 1.84. The van der Waals surface area contributed by atoms with E-state index in [-0.39, 0.29) is 17.9 Å². The van der Waals surface area contributed by atoms with E-state index in [1.165, 1.54) is 0 Å². The van der Waals surface area contributed by atoms with E-state index in [0.29, 0.717) is 30.9 Å². The second-order valence-electron chi connectivity index (χ2n) is 6.34. The van der Waals surface area contributed by atoms with E-state index in [4.69, 9.17) is 5.73 Å². The molecule has 0 aromatic heterocycles. The van der Waals surface area contributed by atoms with Crippen LogP contribution in [-0.2, 0) is 11.2 Å². The molecule has 2 amide bonds. The fourth-order valence-corrected chi connectivity index (χ4v) is 3.54. The van der Waals surface area contributed by atoms with Gasteiger partial charge in [-0.3, -0.25) is 9.59 Å². The maximum absolute atomic E-state index is 12.8. The highest BCUT2D eigenvalue weighted by Gasteiger charge is 2.31. The molecule has 0 aliphatic carbocycles. The molecule has 0 unspecified atom stereocenters. The molecular formula is C17H23N3O2. The molecule has 2 aliphatic rings. The van der Waals surface area contributed by atoms with Crippen LogP contribution in [0.5, 0.6) is 0 Å². The molecule has 0 spiro atoms. The number of nitrogens with one attached hydrogen (secondary N) is 1. The number of piperidine rings is 1. The molecule has 1 fully saturated rings. The molecule has 1 aromatic carbocycles. The molecule has 1 saturated heterocycles. The van der Waals surface area contributed by atoms with E-state index in [1.54, 1.807) is 6.07 Å². The predicted molar refractivity (Wildman–Crippen MR) is 85.7 cm³/mol. The molecule has 118 valence electrons. The normalized spacial score (nSPS) is 24.6. The molecule has 2 aliphatic heterocycles. The molecule has 0 bridgehead atoms. The Labute approximate surface area is 130 Å². The van der Waals surface area contributed by atoms with Crippen LogP contribution >= 0.6 is 0 Å². The van der Waals surface area contributed by atoms with Crippen molar-refractivity contribution in [2.75, 3.05) is 18.4 Å². The van der Waals surface area contributed by atoms with E-state index in [9.17, 15) is 9.59 Å². The van der Waals surface area contributed by atoms with Crippen molar-refractivity contribution in [2.24, 2.45) is 11.7 Å². The predicted octanol–water partition coefficient (Wildman–Crippen LogP) is 1.77. The van der Waals surface area contributed by atoms with Gasteiger partial charge in [-0.25, -0.2) is 0 Å². The minimum Gasteiger partial charge on any atom is -0.334 e. The zero-order chi connectivity index (χ0) is 15.7. The third-order valence-electron chi connectivity index (χ3n) is 4.87. The minimum atomic E-state index is 0.0413. The molecule has 0 radical (unpaired) electrons. The van der Waals surface area contributed by atoms with Crippen molar-refractivity contribution in [2.45, 2.75) is 38.6 Å². The van der Waals surface area contributed by atoms with Gasteiger partial charge in [-0.1, -0.05) is 6.92 Å². The lowest BCUT2D eigenvalue weighted by molar-refractivity contribution is -0.116. The van der Waals surface area contributed by atoms with Gasteiger partial charge in [-0.2, -0.15) is 0 Å². The van der Waals surface area contributed by atoms with Crippen molar-refractivity contribution in [1.29, 1.82) is 0 Å². The van der Waals surface area contributed by atoms with Crippen LogP contribution in [0.4, 0.5) is 5.69 Å². The summed E-state index contributed by atoms with van der Waals surface area (Å²) in [5.74, 6) is 0.543. The third kappa shape index (κ3) is 2.73. The summed E-state index contributed by atoms with van der Waals surface area (Å²) < 4.78 is 0. The lowest BCUT2D eigenvalue weighted by Crippen LogP contribution is -2.51. The Morgan fingerprint density at radius 3 is 3.00 bits per heavy atom. The van der Waals surface area contributed by atoms with Gasteiger partial charge in [-0.05, 0) is 48.9 Å². The summed E-state index contributed by atoms with van der Waals surface area (Å²) in [6.45, 7) is 3.45. The number of hydrogen-bond donors (Lipinski definition) is 2. The first-order chi connectivity index (χ1) is 10.6. The maximum atomic E-state index is 12.8. The summed E-state index contributed by atoms with van der Waals surface area (Å²) in [6, 6.07) is 5.69. The topological polar surface area (TPSA) is 75.4 Å². The van der Waals surface area contributed by atoms with Gasteiger partial charge in [0.1, 0.15) is 0 Å². The van der Waals surface area contributed by atoms with Gasteiger partial charge in [-0.15, -0.1) is 0 Å².